The standard InChI is InChI=1S/C23H20ClN5O2S2/c24-18-3-1-2-4-19(18)31-11-20-27-28-23(29(20)17-9-10-17)33-13-16-12-32-22(26-16)15-7-5-14(6-8-15)21(25)30/h1-8,12,17H,9-11,13H2,(H2,25,30). The van der Waals surface area contributed by atoms with E-state index in [1.807, 2.05) is 35.7 Å². The Labute approximate surface area is 204 Å². The number of rotatable bonds is 9. The minimum absolute atomic E-state index is 0.315. The van der Waals surface area contributed by atoms with Crippen LogP contribution >= 0.6 is 34.7 Å². The molecule has 1 amide bonds. The molecule has 2 aromatic heterocycles. The van der Waals surface area contributed by atoms with E-state index in [9.17, 15) is 4.79 Å². The van der Waals surface area contributed by atoms with Gasteiger partial charge in [-0.3, -0.25) is 9.36 Å². The van der Waals surface area contributed by atoms with Gasteiger partial charge in [0.05, 0.1) is 10.7 Å². The summed E-state index contributed by atoms with van der Waals surface area (Å²) >= 11 is 9.39. The minimum atomic E-state index is -0.436. The number of halogens is 1. The van der Waals surface area contributed by atoms with Crippen molar-refractivity contribution in [2.75, 3.05) is 0 Å². The Morgan fingerprint density at radius 1 is 1.18 bits per heavy atom. The number of aromatic nitrogens is 4. The molecule has 10 heteroatoms. The van der Waals surface area contributed by atoms with Crippen LogP contribution in [0.25, 0.3) is 10.6 Å². The number of primary amides is 1. The van der Waals surface area contributed by atoms with Gasteiger partial charge < -0.3 is 10.5 Å². The van der Waals surface area contributed by atoms with E-state index in [0.717, 1.165) is 40.1 Å². The van der Waals surface area contributed by atoms with Gasteiger partial charge in [0.1, 0.15) is 17.4 Å². The number of carbonyl (C=O) groups excluding carboxylic acids is 1. The molecule has 7 nitrogen and oxygen atoms in total. The summed E-state index contributed by atoms with van der Waals surface area (Å²) in [5, 5.41) is 13.2. The SMILES string of the molecule is NC(=O)c1ccc(-c2nc(CSc3nnc(COc4ccccc4Cl)n3C3CC3)cs2)cc1. The fourth-order valence-corrected chi connectivity index (χ4v) is 5.37. The molecule has 2 heterocycles. The number of nitrogens with two attached hydrogens (primary N) is 1. The maximum atomic E-state index is 11.3. The van der Waals surface area contributed by atoms with Crippen molar-refractivity contribution in [1.29, 1.82) is 0 Å². The first-order valence-corrected chi connectivity index (χ1v) is 12.6. The molecule has 2 N–H and O–H groups in total. The molecule has 5 rings (SSSR count). The molecule has 168 valence electrons. The van der Waals surface area contributed by atoms with Gasteiger partial charge >= 0.3 is 0 Å². The highest BCUT2D eigenvalue weighted by molar-refractivity contribution is 7.98. The van der Waals surface area contributed by atoms with Crippen LogP contribution in [0.3, 0.4) is 0 Å². The number of thiazole rings is 1. The molecule has 1 aliphatic rings. The van der Waals surface area contributed by atoms with Gasteiger partial charge in [0.25, 0.3) is 0 Å². The first-order chi connectivity index (χ1) is 16.1. The number of benzene rings is 2. The molecule has 0 aliphatic heterocycles. The van der Waals surface area contributed by atoms with Crippen LogP contribution in [-0.4, -0.2) is 25.7 Å². The molecule has 4 aromatic rings. The van der Waals surface area contributed by atoms with Crippen molar-refractivity contribution >= 4 is 40.6 Å². The number of thioether (sulfide) groups is 1. The van der Waals surface area contributed by atoms with E-state index >= 15 is 0 Å². The second-order valence-electron chi connectivity index (χ2n) is 7.59. The lowest BCUT2D eigenvalue weighted by Crippen LogP contribution is -2.10. The second kappa shape index (κ2) is 9.54. The van der Waals surface area contributed by atoms with Gasteiger partial charge in [-0.25, -0.2) is 4.98 Å². The summed E-state index contributed by atoms with van der Waals surface area (Å²) in [5.74, 6) is 1.69. The first kappa shape index (κ1) is 21.9. The lowest BCUT2D eigenvalue weighted by Gasteiger charge is -2.10. The molecule has 33 heavy (non-hydrogen) atoms. The summed E-state index contributed by atoms with van der Waals surface area (Å²) in [6.45, 7) is 0.315. The van der Waals surface area contributed by atoms with Crippen LogP contribution in [0.1, 0.15) is 40.8 Å². The highest BCUT2D eigenvalue weighted by Gasteiger charge is 2.30. The number of para-hydroxylation sites is 1. The van der Waals surface area contributed by atoms with Gasteiger partial charge in [-0.1, -0.05) is 47.6 Å². The number of hydrogen-bond acceptors (Lipinski definition) is 7. The van der Waals surface area contributed by atoms with Crippen LogP contribution in [-0.2, 0) is 12.4 Å². The normalized spacial score (nSPS) is 13.2. The molecule has 0 unspecified atom stereocenters. The predicted molar refractivity (Wildman–Crippen MR) is 130 cm³/mol. The number of hydrogen-bond donors (Lipinski definition) is 1. The monoisotopic (exact) mass is 497 g/mol. The van der Waals surface area contributed by atoms with E-state index in [-0.39, 0.29) is 0 Å². The lowest BCUT2D eigenvalue weighted by molar-refractivity contribution is 0.100. The van der Waals surface area contributed by atoms with Gasteiger partial charge in [0.2, 0.25) is 5.91 Å². The molecule has 0 saturated heterocycles. The van der Waals surface area contributed by atoms with Gasteiger partial charge in [-0.05, 0) is 37.1 Å². The third kappa shape index (κ3) is 5.05. The fourth-order valence-electron chi connectivity index (χ4n) is 3.33. The summed E-state index contributed by atoms with van der Waals surface area (Å²) in [5.41, 5.74) is 7.73. The summed E-state index contributed by atoms with van der Waals surface area (Å²) in [6, 6.07) is 15.0. The van der Waals surface area contributed by atoms with E-state index in [1.54, 1.807) is 41.3 Å². The van der Waals surface area contributed by atoms with Crippen molar-refractivity contribution in [3.63, 3.8) is 0 Å². The highest BCUT2D eigenvalue weighted by Crippen LogP contribution is 2.40. The molecule has 0 atom stereocenters. The average Bonchev–Trinajstić information content (AvgIpc) is 3.40. The molecule has 1 fully saturated rings. The van der Waals surface area contributed by atoms with E-state index in [2.05, 4.69) is 14.8 Å². The molecule has 0 bridgehead atoms. The number of carbonyl (C=O) groups is 1. The minimum Gasteiger partial charge on any atom is -0.484 e. The number of amides is 1. The lowest BCUT2D eigenvalue weighted by atomic mass is 10.1. The highest BCUT2D eigenvalue weighted by atomic mass is 35.5. The van der Waals surface area contributed by atoms with Crippen LogP contribution in [0.4, 0.5) is 0 Å². The molecule has 2 aromatic carbocycles. The second-order valence-corrected chi connectivity index (χ2v) is 9.80. The Kier molecular flexibility index (Phi) is 6.34. The zero-order chi connectivity index (χ0) is 22.8. The Balaban J connectivity index is 1.26. The molecule has 0 radical (unpaired) electrons. The zero-order valence-electron chi connectivity index (χ0n) is 17.5. The van der Waals surface area contributed by atoms with Crippen molar-refractivity contribution < 1.29 is 9.53 Å². The van der Waals surface area contributed by atoms with Crippen molar-refractivity contribution in [2.45, 2.75) is 36.4 Å². The number of nitrogens with zero attached hydrogens (tertiary/aromatic N) is 4. The largest absolute Gasteiger partial charge is 0.484 e. The Bertz CT molecular complexity index is 1280. The smallest absolute Gasteiger partial charge is 0.248 e. The van der Waals surface area contributed by atoms with Crippen molar-refractivity contribution in [3.05, 3.63) is 76.0 Å². The first-order valence-electron chi connectivity index (χ1n) is 10.4. The molecule has 0 spiro atoms. The van der Waals surface area contributed by atoms with E-state index in [1.165, 1.54) is 0 Å². The van der Waals surface area contributed by atoms with Crippen molar-refractivity contribution in [3.8, 4) is 16.3 Å². The predicted octanol–water partition coefficient (Wildman–Crippen LogP) is 5.36. The summed E-state index contributed by atoms with van der Waals surface area (Å²) in [6.07, 6.45) is 2.24. The molecular formula is C23H20ClN5O2S2. The summed E-state index contributed by atoms with van der Waals surface area (Å²) < 4.78 is 8.07. The molecule has 1 aliphatic carbocycles. The average molecular weight is 498 g/mol. The van der Waals surface area contributed by atoms with Gasteiger partial charge in [-0.2, -0.15) is 0 Å². The molecule has 1 saturated carbocycles. The molecular weight excluding hydrogens is 478 g/mol. The van der Waals surface area contributed by atoms with Crippen LogP contribution < -0.4 is 10.5 Å². The van der Waals surface area contributed by atoms with Crippen LogP contribution in [0.5, 0.6) is 5.75 Å². The van der Waals surface area contributed by atoms with Crippen LogP contribution in [0.15, 0.2) is 59.1 Å². The third-order valence-electron chi connectivity index (χ3n) is 5.16. The Hall–Kier alpha value is -2.88. The zero-order valence-corrected chi connectivity index (χ0v) is 19.9. The van der Waals surface area contributed by atoms with Crippen molar-refractivity contribution in [1.82, 2.24) is 19.7 Å². The Morgan fingerprint density at radius 3 is 2.70 bits per heavy atom. The number of ether oxygens (including phenoxy) is 1. The van der Waals surface area contributed by atoms with Crippen LogP contribution in [0, 0.1) is 0 Å². The van der Waals surface area contributed by atoms with E-state index in [0.29, 0.717) is 34.7 Å². The maximum absolute atomic E-state index is 11.3. The van der Waals surface area contributed by atoms with Crippen molar-refractivity contribution in [2.24, 2.45) is 5.73 Å². The maximum Gasteiger partial charge on any atom is 0.248 e. The third-order valence-corrected chi connectivity index (χ3v) is 7.39. The summed E-state index contributed by atoms with van der Waals surface area (Å²) in [4.78, 5) is 16.0. The fraction of sp³-hybridized carbons (Fsp3) is 0.217. The van der Waals surface area contributed by atoms with Crippen LogP contribution in [0.2, 0.25) is 5.02 Å². The summed E-state index contributed by atoms with van der Waals surface area (Å²) in [7, 11) is 0. The van der Waals surface area contributed by atoms with Gasteiger partial charge in [-0.15, -0.1) is 21.5 Å². The van der Waals surface area contributed by atoms with E-state index in [4.69, 9.17) is 27.1 Å². The topological polar surface area (TPSA) is 95.9 Å². The van der Waals surface area contributed by atoms with Gasteiger partial charge in [0, 0.05) is 28.3 Å². The van der Waals surface area contributed by atoms with E-state index < -0.39 is 5.91 Å². The van der Waals surface area contributed by atoms with Gasteiger partial charge in [0.15, 0.2) is 11.0 Å². The quantitative estimate of drug-likeness (QED) is 0.313. The Morgan fingerprint density at radius 2 is 1.97 bits per heavy atom.